The predicted octanol–water partition coefficient (Wildman–Crippen LogP) is 10.7. The summed E-state index contributed by atoms with van der Waals surface area (Å²) >= 11 is 0. The van der Waals surface area contributed by atoms with Crippen LogP contribution in [0.2, 0.25) is 0 Å². The minimum Gasteiger partial charge on any atom is -0.0622 e. The molecular weight excluding hydrogens is 559 g/mol. The van der Waals surface area contributed by atoms with Crippen LogP contribution in [0.3, 0.4) is 0 Å². The first kappa shape index (κ1) is 26.1. The van der Waals surface area contributed by atoms with E-state index in [1.165, 1.54) is 82.0 Å². The summed E-state index contributed by atoms with van der Waals surface area (Å²) in [6, 6.07) is 65.1. The molecule has 0 fully saturated rings. The topological polar surface area (TPSA) is 0 Å². The Morgan fingerprint density at radius 1 is 0.311 bits per heavy atom. The highest BCUT2D eigenvalue weighted by atomic mass is 31.1. The zero-order chi connectivity index (χ0) is 29.7. The molecule has 0 radical (unpaired) electrons. The Morgan fingerprint density at radius 2 is 0.822 bits per heavy atom. The van der Waals surface area contributed by atoms with Crippen LogP contribution >= 0.6 is 7.92 Å². The van der Waals surface area contributed by atoms with E-state index >= 15 is 0 Å². The van der Waals surface area contributed by atoms with Gasteiger partial charge in [0.1, 0.15) is 0 Å². The van der Waals surface area contributed by atoms with Gasteiger partial charge in [-0.25, -0.2) is 0 Å². The Balaban J connectivity index is 1.33. The number of hydrogen-bond acceptors (Lipinski definition) is 0. The van der Waals surface area contributed by atoms with Gasteiger partial charge in [0.2, 0.25) is 0 Å². The van der Waals surface area contributed by atoms with Gasteiger partial charge < -0.3 is 0 Å². The van der Waals surface area contributed by atoms with Crippen LogP contribution < -0.4 is 15.9 Å². The summed E-state index contributed by atoms with van der Waals surface area (Å²) in [6.45, 7) is 0. The molecule has 0 aromatic heterocycles. The van der Waals surface area contributed by atoms with Crippen molar-refractivity contribution in [2.75, 3.05) is 0 Å². The fraction of sp³-hybridized carbons (Fsp3) is 0. The van der Waals surface area contributed by atoms with Crippen molar-refractivity contribution in [1.29, 1.82) is 0 Å². The quantitative estimate of drug-likeness (QED) is 0.139. The van der Waals surface area contributed by atoms with E-state index in [1.807, 2.05) is 0 Å². The highest BCUT2D eigenvalue weighted by Crippen LogP contribution is 2.49. The average molecular weight is 589 g/mol. The van der Waals surface area contributed by atoms with Gasteiger partial charge in [-0.05, 0) is 102 Å². The zero-order valence-corrected chi connectivity index (χ0v) is 25.6. The molecular formula is C44H29P. The lowest BCUT2D eigenvalue weighted by molar-refractivity contribution is 1.64. The zero-order valence-electron chi connectivity index (χ0n) is 24.7. The third-order valence-electron chi connectivity index (χ3n) is 9.19. The first-order valence-corrected chi connectivity index (χ1v) is 16.9. The molecule has 9 rings (SSSR count). The lowest BCUT2D eigenvalue weighted by atomic mass is 9.96. The second kappa shape index (κ2) is 10.7. The molecule has 0 spiro atoms. The van der Waals surface area contributed by atoms with Gasteiger partial charge in [0.15, 0.2) is 0 Å². The Bertz CT molecular complexity index is 2290. The third-order valence-corrected chi connectivity index (χ3v) is 11.7. The summed E-state index contributed by atoms with van der Waals surface area (Å²) in [5.74, 6) is 0. The Hall–Kier alpha value is -5.29. The second-order valence-electron chi connectivity index (χ2n) is 11.7. The fourth-order valence-electron chi connectivity index (χ4n) is 7.20. The van der Waals surface area contributed by atoms with Crippen molar-refractivity contribution in [3.63, 3.8) is 0 Å². The standard InChI is InChI=1S/C44H29P/c1-3-14-30(15-4-1)34-18-9-11-24-42(34)45(43-25-12-10-19-35(43)31-16-5-2-6-17-31)33-27-26-32-28-41-37-21-8-7-20-36(37)38-22-13-23-39(44(38)41)40(32)29-33/h1-29H. The molecule has 0 unspecified atom stereocenters. The summed E-state index contributed by atoms with van der Waals surface area (Å²) in [5, 5.41) is 9.43. The molecule has 0 saturated heterocycles. The van der Waals surface area contributed by atoms with E-state index in [2.05, 4.69) is 176 Å². The highest BCUT2D eigenvalue weighted by molar-refractivity contribution is 7.80. The first-order valence-electron chi connectivity index (χ1n) is 15.5. The van der Waals surface area contributed by atoms with Crippen LogP contribution in [-0.2, 0) is 0 Å². The van der Waals surface area contributed by atoms with Crippen LogP contribution in [0.4, 0.5) is 0 Å². The average Bonchev–Trinajstić information content (AvgIpc) is 3.44. The molecule has 1 aliphatic carbocycles. The first-order chi connectivity index (χ1) is 22.3. The Kier molecular flexibility index (Phi) is 6.22. The van der Waals surface area contributed by atoms with Crippen LogP contribution in [0, 0.1) is 0 Å². The molecule has 1 aliphatic rings. The molecule has 0 saturated carbocycles. The predicted molar refractivity (Wildman–Crippen MR) is 195 cm³/mol. The van der Waals surface area contributed by atoms with Gasteiger partial charge in [0, 0.05) is 0 Å². The normalized spacial score (nSPS) is 11.8. The molecule has 8 aromatic carbocycles. The van der Waals surface area contributed by atoms with Gasteiger partial charge in [-0.3, -0.25) is 0 Å². The number of hydrogen-bond donors (Lipinski definition) is 0. The smallest absolute Gasteiger partial charge is 0.00199 e. The molecule has 0 amide bonds. The SMILES string of the molecule is c1ccc(-c2ccccc2P(c2ccc3cc4c5c(cccc5c3c2)-c2ccccc2-4)c2ccccc2-c2ccccc2)cc1. The van der Waals surface area contributed by atoms with E-state index in [9.17, 15) is 0 Å². The van der Waals surface area contributed by atoms with Gasteiger partial charge in [-0.2, -0.15) is 0 Å². The molecule has 45 heavy (non-hydrogen) atoms. The van der Waals surface area contributed by atoms with E-state index in [0.717, 1.165) is 0 Å². The van der Waals surface area contributed by atoms with Crippen LogP contribution in [0.15, 0.2) is 176 Å². The highest BCUT2D eigenvalue weighted by Gasteiger charge is 2.26. The third kappa shape index (κ3) is 4.26. The summed E-state index contributed by atoms with van der Waals surface area (Å²) in [7, 11) is -0.910. The van der Waals surface area contributed by atoms with Crippen LogP contribution in [0.5, 0.6) is 0 Å². The molecule has 0 N–H and O–H groups in total. The summed E-state index contributed by atoms with van der Waals surface area (Å²) < 4.78 is 0. The summed E-state index contributed by atoms with van der Waals surface area (Å²) in [4.78, 5) is 0. The van der Waals surface area contributed by atoms with Crippen LogP contribution in [0.1, 0.15) is 0 Å². The van der Waals surface area contributed by atoms with E-state index in [-0.39, 0.29) is 0 Å². The van der Waals surface area contributed by atoms with Crippen molar-refractivity contribution in [2.45, 2.75) is 0 Å². The number of benzene rings is 8. The minimum absolute atomic E-state index is 0.910. The molecule has 210 valence electrons. The Labute approximate surface area is 265 Å². The second-order valence-corrected chi connectivity index (χ2v) is 13.9. The monoisotopic (exact) mass is 588 g/mol. The van der Waals surface area contributed by atoms with Gasteiger partial charge in [0.05, 0.1) is 0 Å². The molecule has 1 heteroatoms. The van der Waals surface area contributed by atoms with Crippen LogP contribution in [-0.4, -0.2) is 0 Å². The van der Waals surface area contributed by atoms with E-state index in [4.69, 9.17) is 0 Å². The van der Waals surface area contributed by atoms with Gasteiger partial charge >= 0.3 is 0 Å². The minimum atomic E-state index is -0.910. The van der Waals surface area contributed by atoms with Gasteiger partial charge in [-0.1, -0.05) is 164 Å². The Morgan fingerprint density at radius 3 is 1.44 bits per heavy atom. The number of rotatable bonds is 5. The van der Waals surface area contributed by atoms with Crippen molar-refractivity contribution >= 4 is 45.4 Å². The molecule has 0 aliphatic heterocycles. The maximum Gasteiger partial charge on any atom is -0.00199 e. The van der Waals surface area contributed by atoms with Crippen molar-refractivity contribution in [3.8, 4) is 44.5 Å². The van der Waals surface area contributed by atoms with Crippen molar-refractivity contribution < 1.29 is 0 Å². The lowest BCUT2D eigenvalue weighted by Crippen LogP contribution is -2.23. The molecule has 0 heterocycles. The van der Waals surface area contributed by atoms with Crippen LogP contribution in [0.25, 0.3) is 66.1 Å². The van der Waals surface area contributed by atoms with Gasteiger partial charge in [-0.15, -0.1) is 0 Å². The lowest BCUT2D eigenvalue weighted by Gasteiger charge is -2.25. The van der Waals surface area contributed by atoms with E-state index in [1.54, 1.807) is 0 Å². The van der Waals surface area contributed by atoms with Crippen molar-refractivity contribution in [2.24, 2.45) is 0 Å². The largest absolute Gasteiger partial charge is 0.0622 e. The number of fused-ring (bicyclic) bond motifs is 5. The van der Waals surface area contributed by atoms with Crippen molar-refractivity contribution in [3.05, 3.63) is 176 Å². The van der Waals surface area contributed by atoms with Gasteiger partial charge in [0.25, 0.3) is 0 Å². The summed E-state index contributed by atoms with van der Waals surface area (Å²) in [5.41, 5.74) is 10.5. The molecule has 0 bridgehead atoms. The van der Waals surface area contributed by atoms with Crippen molar-refractivity contribution in [1.82, 2.24) is 0 Å². The van der Waals surface area contributed by atoms with E-state index in [0.29, 0.717) is 0 Å². The van der Waals surface area contributed by atoms with E-state index < -0.39 is 7.92 Å². The molecule has 0 atom stereocenters. The molecule has 8 aromatic rings. The summed E-state index contributed by atoms with van der Waals surface area (Å²) in [6.07, 6.45) is 0. The fourth-order valence-corrected chi connectivity index (χ4v) is 9.85. The maximum absolute atomic E-state index is 2.50. The molecule has 0 nitrogen and oxygen atoms in total. The maximum atomic E-state index is 2.50.